The van der Waals surface area contributed by atoms with Crippen LogP contribution in [-0.2, 0) is 9.53 Å². The maximum Gasteiger partial charge on any atom is 0.233 e. The fraction of sp³-hybridized carbons (Fsp3) is 0.310. The molecule has 9 aromatic rings. The van der Waals surface area contributed by atoms with Crippen LogP contribution in [0.4, 0.5) is 0 Å². The average Bonchev–Trinajstić information content (AvgIpc) is 1.66. The van der Waals surface area contributed by atoms with Crippen LogP contribution in [-0.4, -0.2) is 154 Å². The molecule has 4 fully saturated rings. The molecule has 18 nitrogen and oxygen atoms in total. The molecule has 0 bridgehead atoms. The van der Waals surface area contributed by atoms with Crippen LogP contribution in [0.5, 0.6) is 17.2 Å². The van der Waals surface area contributed by atoms with Crippen LogP contribution in [0.1, 0.15) is 106 Å². The third-order valence-corrected chi connectivity index (χ3v) is 17.2. The van der Waals surface area contributed by atoms with Crippen molar-refractivity contribution in [2.75, 3.05) is 74.8 Å². The molecule has 9 heterocycles. The lowest BCUT2D eigenvalue weighted by atomic mass is 10.0. The molecule has 0 radical (unpaired) electrons. The summed E-state index contributed by atoms with van der Waals surface area (Å²) in [6.07, 6.45) is 20.1. The van der Waals surface area contributed by atoms with Gasteiger partial charge in [-0.3, -0.25) is 44.0 Å². The number of benzene rings is 4. The number of hydrogen-bond acceptors (Lipinski definition) is 16. The van der Waals surface area contributed by atoms with Crippen LogP contribution >= 0.6 is 34.8 Å². The van der Waals surface area contributed by atoms with E-state index in [2.05, 4.69) is 48.8 Å². The topological polar surface area (TPSA) is 211 Å². The molecule has 0 spiro atoms. The first-order chi connectivity index (χ1) is 44.8. The number of methoxy groups -OCH3 is 3. The molecular weight excluding hydrogens is 1230 g/mol. The van der Waals surface area contributed by atoms with Gasteiger partial charge in [0.1, 0.15) is 35.2 Å². The lowest BCUT2D eigenvalue weighted by Crippen LogP contribution is -2.35. The Morgan fingerprint density at radius 3 is 1.40 bits per heavy atom. The molecule has 4 aromatic carbocycles. The highest BCUT2D eigenvalue weighted by atomic mass is 35.5. The van der Waals surface area contributed by atoms with Gasteiger partial charge in [-0.25, -0.2) is 9.97 Å². The van der Waals surface area contributed by atoms with Crippen LogP contribution in [0.2, 0.25) is 15.1 Å². The van der Waals surface area contributed by atoms with Crippen LogP contribution < -0.4 is 14.2 Å². The Balaban J connectivity index is 0.000000143. The van der Waals surface area contributed by atoms with E-state index in [0.717, 1.165) is 127 Å². The van der Waals surface area contributed by atoms with Gasteiger partial charge in [0.2, 0.25) is 11.6 Å². The molecule has 13 rings (SSSR count). The van der Waals surface area contributed by atoms with E-state index in [1.54, 1.807) is 39.0 Å². The largest absolute Gasteiger partial charge is 0.495 e. The summed E-state index contributed by atoms with van der Waals surface area (Å²) in [6.45, 7) is 5.40. The summed E-state index contributed by atoms with van der Waals surface area (Å²) in [6, 6.07) is 36.8. The minimum Gasteiger partial charge on any atom is -0.495 e. The minimum absolute atomic E-state index is 0.0623. The van der Waals surface area contributed by atoms with Gasteiger partial charge in [0.05, 0.1) is 83.8 Å². The van der Waals surface area contributed by atoms with E-state index in [1.165, 1.54) is 75.5 Å². The monoisotopic (exact) mass is 1300 g/mol. The summed E-state index contributed by atoms with van der Waals surface area (Å²) in [4.78, 5) is 82.5. The number of hydrogen-bond donors (Lipinski definition) is 2. The van der Waals surface area contributed by atoms with Crippen molar-refractivity contribution in [2.24, 2.45) is 0 Å². The van der Waals surface area contributed by atoms with E-state index in [9.17, 15) is 19.2 Å². The summed E-state index contributed by atoms with van der Waals surface area (Å²) < 4.78 is 20.7. The second kappa shape index (κ2) is 33.7. The van der Waals surface area contributed by atoms with E-state index in [-0.39, 0.29) is 17.4 Å². The molecule has 0 aliphatic carbocycles. The summed E-state index contributed by atoms with van der Waals surface area (Å²) in [5.74, 6) is 2.54. The van der Waals surface area contributed by atoms with Crippen molar-refractivity contribution in [1.29, 1.82) is 0 Å². The van der Waals surface area contributed by atoms with E-state index in [4.69, 9.17) is 63.7 Å². The first-order valence-electron chi connectivity index (χ1n) is 30.6. The highest BCUT2D eigenvalue weighted by molar-refractivity contribution is 6.49. The second-order valence-corrected chi connectivity index (χ2v) is 23.5. The number of carbonyl (C=O) groups is 4. The highest BCUT2D eigenvalue weighted by Crippen LogP contribution is 2.40. The number of nitrogens with zero attached hydrogens (tertiary/aromatic N) is 8. The number of pyridine rings is 3. The number of imidazole rings is 2. The number of aromatic amines is 2. The number of ketones is 3. The van der Waals surface area contributed by atoms with Crippen molar-refractivity contribution in [3.8, 4) is 62.3 Å². The number of likely N-dealkylation sites (tertiary alicyclic amines) is 3. The van der Waals surface area contributed by atoms with Gasteiger partial charge >= 0.3 is 0 Å². The molecule has 3 unspecified atom stereocenters. The first kappa shape index (κ1) is 67.9. The molecule has 92 heavy (non-hydrogen) atoms. The Morgan fingerprint density at radius 2 is 0.967 bits per heavy atom. The Hall–Kier alpha value is -8.46. The summed E-state index contributed by atoms with van der Waals surface area (Å²) in [5, 5.41) is 1.57. The maximum absolute atomic E-state index is 12.1. The van der Waals surface area contributed by atoms with Crippen molar-refractivity contribution in [3.05, 3.63) is 202 Å². The van der Waals surface area contributed by atoms with Crippen LogP contribution in [0.15, 0.2) is 159 Å². The normalized spacial score (nSPS) is 16.9. The van der Waals surface area contributed by atoms with Gasteiger partial charge in [-0.15, -0.1) is 0 Å². The van der Waals surface area contributed by atoms with Gasteiger partial charge in [-0.2, -0.15) is 0 Å². The van der Waals surface area contributed by atoms with Crippen LogP contribution in [0.25, 0.3) is 45.0 Å². The zero-order valence-corrected chi connectivity index (χ0v) is 54.5. The molecular formula is C71H75Cl3N10O8. The molecule has 4 aliphatic rings. The zero-order chi connectivity index (χ0) is 64.9. The van der Waals surface area contributed by atoms with Crippen molar-refractivity contribution in [3.63, 3.8) is 0 Å². The summed E-state index contributed by atoms with van der Waals surface area (Å²) >= 11 is 18.3. The molecule has 2 N–H and O–H groups in total. The maximum atomic E-state index is 12.1. The molecule has 3 atom stereocenters. The smallest absolute Gasteiger partial charge is 0.233 e. The van der Waals surface area contributed by atoms with Gasteiger partial charge in [-0.1, -0.05) is 77.3 Å². The Labute approximate surface area is 551 Å². The molecule has 0 amide bonds. The van der Waals surface area contributed by atoms with E-state index in [0.29, 0.717) is 56.5 Å². The standard InChI is InChI=1S/2C20H21ClN4O.C14H10ClNO3.C13H15NO2.C4H8O/c2*1-25-11-3-4-16(25)20-23-18(13-7-9-22-10-8-13)19(24-20)14-5-6-15(21)17(12-14)26-2;1-19-12-8-10(2-3-11(12)15)14(18)13(17)9-4-6-16-7-5-9;15-10-12-7-4-8-14(12)9-13(16)11-5-2-1-3-6-11;1-2-4-5-3-1/h2*5-10,12,16H,3-4,11H2,1-2H3,(H,23,24);2-8H,1H3;1-3,5-6,10,12H,4,7-9H2;1-4H2. The Bertz CT molecular complexity index is 3720. The van der Waals surface area contributed by atoms with Crippen molar-refractivity contribution in [1.82, 2.24) is 49.6 Å². The SMILES string of the molecule is C1CCOC1.COc1cc(-c2nc(C3CCCN3C)[nH]c2-c2ccncc2)ccc1Cl.COc1cc(-c2nc(C3CCCN3C)[nH]c2-c2ccncc2)ccc1Cl.COc1cc(C(=O)C(=O)c2ccncc2)ccc1Cl.O=CC1CCCN1CC(=O)c1ccccc1. The molecule has 5 aromatic heterocycles. The molecule has 478 valence electrons. The van der Waals surface area contributed by atoms with Gasteiger partial charge < -0.3 is 33.7 Å². The summed E-state index contributed by atoms with van der Waals surface area (Å²) in [5.41, 5.74) is 9.12. The number of ether oxygens (including phenoxy) is 4. The number of rotatable bonds is 16. The van der Waals surface area contributed by atoms with E-state index < -0.39 is 11.6 Å². The van der Waals surface area contributed by atoms with Crippen molar-refractivity contribution < 1.29 is 38.1 Å². The zero-order valence-electron chi connectivity index (χ0n) is 52.2. The predicted molar refractivity (Wildman–Crippen MR) is 359 cm³/mol. The second-order valence-electron chi connectivity index (χ2n) is 22.3. The number of halogens is 3. The van der Waals surface area contributed by atoms with Crippen molar-refractivity contribution >= 4 is 58.4 Å². The predicted octanol–water partition coefficient (Wildman–Crippen LogP) is 14.3. The summed E-state index contributed by atoms with van der Waals surface area (Å²) in [7, 11) is 8.99. The van der Waals surface area contributed by atoms with E-state index >= 15 is 0 Å². The first-order valence-corrected chi connectivity index (χ1v) is 31.7. The minimum atomic E-state index is -0.610. The lowest BCUT2D eigenvalue weighted by molar-refractivity contribution is -0.111. The van der Waals surface area contributed by atoms with E-state index in [1.807, 2.05) is 95.9 Å². The van der Waals surface area contributed by atoms with Crippen LogP contribution in [0, 0.1) is 0 Å². The van der Waals surface area contributed by atoms with Crippen LogP contribution in [0.3, 0.4) is 0 Å². The third-order valence-electron chi connectivity index (χ3n) is 16.3. The lowest BCUT2D eigenvalue weighted by Gasteiger charge is -2.18. The molecule has 0 saturated carbocycles. The Morgan fingerprint density at radius 1 is 0.522 bits per heavy atom. The fourth-order valence-electron chi connectivity index (χ4n) is 11.3. The number of carbonyl (C=O) groups excluding carboxylic acids is 4. The third kappa shape index (κ3) is 17.6. The molecule has 4 aliphatic heterocycles. The average molecular weight is 1300 g/mol. The highest BCUT2D eigenvalue weighted by Gasteiger charge is 2.30. The number of Topliss-reactive ketones (excluding diaryl/α,β-unsaturated/α-hetero) is 3. The number of nitrogens with one attached hydrogen (secondary N) is 2. The quantitative estimate of drug-likeness (QED) is 0.0523. The Kier molecular flexibility index (Phi) is 24.9. The molecule has 21 heteroatoms. The molecule has 4 saturated heterocycles. The number of H-pyrrole nitrogens is 2. The van der Waals surface area contributed by atoms with Gasteiger partial charge in [-0.05, 0) is 164 Å². The number of aldehydes is 1. The van der Waals surface area contributed by atoms with Gasteiger partial charge in [0.25, 0.3) is 0 Å². The fourth-order valence-corrected chi connectivity index (χ4v) is 11.9. The van der Waals surface area contributed by atoms with Gasteiger partial charge in [0, 0.05) is 89.3 Å². The number of aromatic nitrogens is 7. The van der Waals surface area contributed by atoms with Gasteiger partial charge in [0.15, 0.2) is 5.78 Å². The van der Waals surface area contributed by atoms with Crippen molar-refractivity contribution in [2.45, 2.75) is 69.5 Å².